The van der Waals surface area contributed by atoms with Gasteiger partial charge < -0.3 is 14.7 Å². The zero-order valence-corrected chi connectivity index (χ0v) is 17.9. The second kappa shape index (κ2) is 12.0. The first kappa shape index (κ1) is 23.4. The zero-order chi connectivity index (χ0) is 21.9. The molecule has 30 heavy (non-hydrogen) atoms. The van der Waals surface area contributed by atoms with Gasteiger partial charge in [0.1, 0.15) is 12.1 Å². The van der Waals surface area contributed by atoms with Gasteiger partial charge in [-0.05, 0) is 42.6 Å². The van der Waals surface area contributed by atoms with E-state index in [0.29, 0.717) is 25.6 Å². The van der Waals surface area contributed by atoms with Gasteiger partial charge >= 0.3 is 6.09 Å². The SMILES string of the molecule is CC(C)CN(C)CC(=CO)OC(=O)N1CCc2ccccc2C1.Fc1ccccc1. The highest BCUT2D eigenvalue weighted by atomic mass is 19.1. The number of rotatable bonds is 5. The van der Waals surface area contributed by atoms with Crippen LogP contribution in [0.4, 0.5) is 9.18 Å². The van der Waals surface area contributed by atoms with Crippen LogP contribution in [-0.4, -0.2) is 47.7 Å². The van der Waals surface area contributed by atoms with E-state index in [4.69, 9.17) is 4.74 Å². The Morgan fingerprint density at radius 2 is 1.80 bits per heavy atom. The second-order valence-electron chi connectivity index (χ2n) is 7.79. The van der Waals surface area contributed by atoms with Crippen LogP contribution in [-0.2, 0) is 17.7 Å². The Labute approximate surface area is 178 Å². The standard InChI is InChI=1S/C18H26N2O3.C6H5F/c1-14(2)10-19(3)12-17(13-21)23-18(22)20-9-8-15-6-4-5-7-16(15)11-20;7-6-4-2-1-3-5-6/h4-7,13-14,21H,8-12H2,1-3H3;1-5H. The topological polar surface area (TPSA) is 53.0 Å². The fraction of sp³-hybridized carbons (Fsp3) is 0.375. The van der Waals surface area contributed by atoms with Gasteiger partial charge in [-0.2, -0.15) is 0 Å². The van der Waals surface area contributed by atoms with Crippen LogP contribution in [0.15, 0.2) is 66.6 Å². The molecule has 1 aliphatic heterocycles. The van der Waals surface area contributed by atoms with E-state index < -0.39 is 6.09 Å². The van der Waals surface area contributed by atoms with E-state index in [-0.39, 0.29) is 11.6 Å². The number of nitrogens with zero attached hydrogens (tertiary/aromatic N) is 2. The summed E-state index contributed by atoms with van der Waals surface area (Å²) in [7, 11) is 1.94. The molecule has 0 radical (unpaired) electrons. The lowest BCUT2D eigenvalue weighted by Gasteiger charge is -2.28. The predicted octanol–water partition coefficient (Wildman–Crippen LogP) is 4.99. The van der Waals surface area contributed by atoms with Gasteiger partial charge in [-0.3, -0.25) is 4.90 Å². The summed E-state index contributed by atoms with van der Waals surface area (Å²) in [5.74, 6) is 0.605. The molecule has 5 nitrogen and oxygen atoms in total. The van der Waals surface area contributed by atoms with Crippen LogP contribution < -0.4 is 0 Å². The maximum Gasteiger partial charge on any atom is 0.415 e. The molecule has 1 N–H and O–H groups in total. The van der Waals surface area contributed by atoms with Crippen LogP contribution in [0.2, 0.25) is 0 Å². The van der Waals surface area contributed by atoms with E-state index in [1.165, 1.54) is 17.7 Å². The fourth-order valence-corrected chi connectivity index (χ4v) is 3.30. The van der Waals surface area contributed by atoms with Crippen molar-refractivity contribution < 1.29 is 19.0 Å². The minimum atomic E-state index is -0.405. The molecule has 1 amide bonds. The number of fused-ring (bicyclic) bond motifs is 1. The molecule has 0 saturated carbocycles. The van der Waals surface area contributed by atoms with Gasteiger partial charge in [0.05, 0.1) is 6.54 Å². The largest absolute Gasteiger partial charge is 0.512 e. The van der Waals surface area contributed by atoms with Crippen molar-refractivity contribution in [3.05, 3.63) is 83.6 Å². The number of likely N-dealkylation sites (N-methyl/N-ethyl adjacent to an activating group) is 1. The first-order valence-corrected chi connectivity index (χ1v) is 10.1. The number of ether oxygens (including phenoxy) is 1. The van der Waals surface area contributed by atoms with Gasteiger partial charge in [0.25, 0.3) is 0 Å². The molecule has 2 aromatic rings. The van der Waals surface area contributed by atoms with Crippen molar-refractivity contribution >= 4 is 6.09 Å². The Morgan fingerprint density at radius 1 is 1.17 bits per heavy atom. The molecule has 0 saturated heterocycles. The monoisotopic (exact) mass is 414 g/mol. The van der Waals surface area contributed by atoms with Crippen LogP contribution in [0.25, 0.3) is 0 Å². The van der Waals surface area contributed by atoms with Crippen molar-refractivity contribution in [2.45, 2.75) is 26.8 Å². The third kappa shape index (κ3) is 7.87. The summed E-state index contributed by atoms with van der Waals surface area (Å²) in [6.45, 7) is 6.70. The Morgan fingerprint density at radius 3 is 2.37 bits per heavy atom. The van der Waals surface area contributed by atoms with Crippen molar-refractivity contribution in [1.29, 1.82) is 0 Å². The number of carbonyl (C=O) groups is 1. The highest BCUT2D eigenvalue weighted by Crippen LogP contribution is 2.19. The summed E-state index contributed by atoms with van der Waals surface area (Å²) in [5, 5.41) is 9.33. The molecular formula is C24H31FN2O3. The molecule has 1 aliphatic rings. The van der Waals surface area contributed by atoms with Crippen LogP contribution in [0.5, 0.6) is 0 Å². The predicted molar refractivity (Wildman–Crippen MR) is 116 cm³/mol. The Bertz CT molecular complexity index is 824. The van der Waals surface area contributed by atoms with Crippen molar-refractivity contribution in [3.63, 3.8) is 0 Å². The highest BCUT2D eigenvalue weighted by Gasteiger charge is 2.23. The number of hydrogen-bond acceptors (Lipinski definition) is 4. The number of aliphatic hydroxyl groups excluding tert-OH is 1. The number of hydrogen-bond donors (Lipinski definition) is 1. The van der Waals surface area contributed by atoms with E-state index >= 15 is 0 Å². The molecule has 0 spiro atoms. The van der Waals surface area contributed by atoms with Gasteiger partial charge in [-0.1, -0.05) is 56.3 Å². The van der Waals surface area contributed by atoms with Crippen LogP contribution in [0, 0.1) is 11.7 Å². The van der Waals surface area contributed by atoms with Gasteiger partial charge in [0, 0.05) is 19.6 Å². The third-order valence-electron chi connectivity index (χ3n) is 4.59. The average Bonchev–Trinajstić information content (AvgIpc) is 2.73. The molecule has 1 heterocycles. The summed E-state index contributed by atoms with van der Waals surface area (Å²) in [5.41, 5.74) is 2.44. The lowest BCUT2D eigenvalue weighted by molar-refractivity contribution is 0.113. The quantitative estimate of drug-likeness (QED) is 0.700. The summed E-state index contributed by atoms with van der Waals surface area (Å²) in [6, 6.07) is 16.1. The zero-order valence-electron chi connectivity index (χ0n) is 17.9. The van der Waals surface area contributed by atoms with Crippen LogP contribution >= 0.6 is 0 Å². The van der Waals surface area contributed by atoms with Crippen LogP contribution in [0.3, 0.4) is 0 Å². The molecule has 0 bridgehead atoms. The maximum absolute atomic E-state index is 12.3. The van der Waals surface area contributed by atoms with Crippen LogP contribution in [0.1, 0.15) is 25.0 Å². The first-order valence-electron chi connectivity index (χ1n) is 10.1. The van der Waals surface area contributed by atoms with Crippen molar-refractivity contribution in [2.24, 2.45) is 5.92 Å². The second-order valence-corrected chi connectivity index (χ2v) is 7.79. The lowest BCUT2D eigenvalue weighted by atomic mass is 10.0. The summed E-state index contributed by atoms with van der Waals surface area (Å²) in [6.07, 6.45) is 1.31. The van der Waals surface area contributed by atoms with Gasteiger partial charge in [-0.15, -0.1) is 0 Å². The van der Waals surface area contributed by atoms with E-state index in [1.54, 1.807) is 23.1 Å². The summed E-state index contributed by atoms with van der Waals surface area (Å²) < 4.78 is 17.3. The number of halogens is 1. The van der Waals surface area contributed by atoms with Gasteiger partial charge in [0.15, 0.2) is 5.76 Å². The van der Waals surface area contributed by atoms with Crippen molar-refractivity contribution in [1.82, 2.24) is 9.80 Å². The average molecular weight is 415 g/mol. The molecule has 0 atom stereocenters. The Balaban J connectivity index is 0.000000386. The Kier molecular flexibility index (Phi) is 9.35. The van der Waals surface area contributed by atoms with Gasteiger partial charge in [-0.25, -0.2) is 9.18 Å². The lowest BCUT2D eigenvalue weighted by Crippen LogP contribution is -2.37. The van der Waals surface area contributed by atoms with E-state index in [9.17, 15) is 14.3 Å². The summed E-state index contributed by atoms with van der Waals surface area (Å²) in [4.78, 5) is 16.0. The number of carbonyl (C=O) groups excluding carboxylic acids is 1. The molecule has 3 rings (SSSR count). The minimum absolute atomic E-state index is 0.178. The first-order chi connectivity index (χ1) is 14.4. The molecular weight excluding hydrogens is 383 g/mol. The molecule has 0 aromatic heterocycles. The normalized spacial score (nSPS) is 13.5. The molecule has 0 unspecified atom stereocenters. The maximum atomic E-state index is 12.3. The highest BCUT2D eigenvalue weighted by molar-refractivity contribution is 5.69. The van der Waals surface area contributed by atoms with Gasteiger partial charge in [0.2, 0.25) is 0 Å². The van der Waals surface area contributed by atoms with Crippen molar-refractivity contribution in [2.75, 3.05) is 26.7 Å². The van der Waals surface area contributed by atoms with E-state index in [1.807, 2.05) is 30.1 Å². The number of benzene rings is 2. The number of aliphatic hydroxyl groups is 1. The smallest absolute Gasteiger partial charge is 0.415 e. The number of amides is 1. The molecule has 0 aliphatic carbocycles. The minimum Gasteiger partial charge on any atom is -0.512 e. The molecule has 6 heteroatoms. The molecule has 0 fully saturated rings. The summed E-state index contributed by atoms with van der Waals surface area (Å²) >= 11 is 0. The third-order valence-corrected chi connectivity index (χ3v) is 4.59. The Hall–Kier alpha value is -2.86. The fourth-order valence-electron chi connectivity index (χ4n) is 3.30. The van der Waals surface area contributed by atoms with E-state index in [2.05, 4.69) is 19.9 Å². The molecule has 162 valence electrons. The molecule has 2 aromatic carbocycles. The van der Waals surface area contributed by atoms with E-state index in [0.717, 1.165) is 24.8 Å². The van der Waals surface area contributed by atoms with Crippen molar-refractivity contribution in [3.8, 4) is 0 Å².